The zero-order valence-electron chi connectivity index (χ0n) is 18.4. The minimum absolute atomic E-state index is 0.123. The van der Waals surface area contributed by atoms with Crippen LogP contribution in [0.15, 0.2) is 11.6 Å². The fourth-order valence-corrected chi connectivity index (χ4v) is 9.90. The van der Waals surface area contributed by atoms with Gasteiger partial charge in [-0.2, -0.15) is 0 Å². The number of nitrogens with zero attached hydrogens (tertiary/aromatic N) is 1. The Morgan fingerprint density at radius 3 is 2.44 bits per heavy atom. The topological polar surface area (TPSA) is 20.3 Å². The molecule has 150 valence electrons. The summed E-state index contributed by atoms with van der Waals surface area (Å²) in [5, 5.41) is 0. The standard InChI is InChI=1S/C25H39NO/c1-7-17-20(27)14-23(4)21-9-8-18-16(2)19(26(5)6)10-11-24(18)15-25(21,24)13-12-22(17,23)3/h7,16,18-19,21H,8-15H2,1-6H3/b17-7-/t16-,18-,19-,21-,22+,23-,24+,25-/m0/s1. The molecule has 0 bridgehead atoms. The highest BCUT2D eigenvalue weighted by molar-refractivity contribution is 6.00. The summed E-state index contributed by atoms with van der Waals surface area (Å²) in [4.78, 5) is 15.4. The highest BCUT2D eigenvalue weighted by atomic mass is 16.1. The zero-order valence-corrected chi connectivity index (χ0v) is 18.4. The summed E-state index contributed by atoms with van der Waals surface area (Å²) in [5.74, 6) is 2.97. The van der Waals surface area contributed by atoms with Crippen molar-refractivity contribution in [3.63, 3.8) is 0 Å². The van der Waals surface area contributed by atoms with E-state index in [4.69, 9.17) is 0 Å². The Kier molecular flexibility index (Phi) is 3.61. The maximum Gasteiger partial charge on any atom is 0.159 e. The Bertz CT molecular complexity index is 724. The number of Topliss-reactive ketones (excluding diaryl/α,β-unsaturated/α-hetero) is 1. The molecule has 0 N–H and O–H groups in total. The second kappa shape index (κ2) is 5.29. The highest BCUT2D eigenvalue weighted by Crippen LogP contribution is 2.87. The van der Waals surface area contributed by atoms with Crippen LogP contribution in [0.4, 0.5) is 0 Å². The summed E-state index contributed by atoms with van der Waals surface area (Å²) in [6.45, 7) is 9.59. The van der Waals surface area contributed by atoms with Crippen LogP contribution in [0.1, 0.15) is 79.1 Å². The third-order valence-electron chi connectivity index (χ3n) is 11.2. The molecule has 0 aromatic heterocycles. The predicted molar refractivity (Wildman–Crippen MR) is 110 cm³/mol. The molecule has 8 atom stereocenters. The molecular weight excluding hydrogens is 330 g/mol. The summed E-state index contributed by atoms with van der Waals surface area (Å²) in [6, 6.07) is 0.766. The van der Waals surface area contributed by atoms with Gasteiger partial charge in [0.15, 0.2) is 5.78 Å². The van der Waals surface area contributed by atoms with Gasteiger partial charge in [-0.05, 0) is 106 Å². The fourth-order valence-electron chi connectivity index (χ4n) is 9.90. The van der Waals surface area contributed by atoms with Crippen LogP contribution in [0.2, 0.25) is 0 Å². The third-order valence-corrected chi connectivity index (χ3v) is 11.2. The van der Waals surface area contributed by atoms with E-state index < -0.39 is 0 Å². The number of ketones is 1. The van der Waals surface area contributed by atoms with E-state index in [0.717, 1.165) is 30.2 Å². The zero-order chi connectivity index (χ0) is 19.4. The number of fused-ring (bicyclic) bond motifs is 2. The van der Waals surface area contributed by atoms with Gasteiger partial charge in [0.2, 0.25) is 0 Å². The summed E-state index contributed by atoms with van der Waals surface area (Å²) in [6.07, 6.45) is 12.7. The quantitative estimate of drug-likeness (QED) is 0.571. The summed E-state index contributed by atoms with van der Waals surface area (Å²) in [7, 11) is 4.56. The average molecular weight is 370 g/mol. The predicted octanol–water partition coefficient (Wildman–Crippen LogP) is 5.47. The molecule has 0 aromatic rings. The Morgan fingerprint density at radius 1 is 1.04 bits per heavy atom. The van der Waals surface area contributed by atoms with E-state index in [-0.39, 0.29) is 10.8 Å². The van der Waals surface area contributed by atoms with Gasteiger partial charge in [0.05, 0.1) is 0 Å². The number of hydrogen-bond acceptors (Lipinski definition) is 2. The molecule has 5 saturated carbocycles. The number of carbonyl (C=O) groups is 1. The van der Waals surface area contributed by atoms with Crippen molar-refractivity contribution in [1.29, 1.82) is 0 Å². The van der Waals surface area contributed by atoms with Gasteiger partial charge in [-0.25, -0.2) is 0 Å². The Hall–Kier alpha value is -0.630. The van der Waals surface area contributed by atoms with Crippen LogP contribution in [-0.2, 0) is 4.79 Å². The van der Waals surface area contributed by atoms with Crippen molar-refractivity contribution >= 4 is 5.78 Å². The molecule has 5 aliphatic rings. The number of allylic oxidation sites excluding steroid dienone is 2. The molecule has 2 spiro atoms. The van der Waals surface area contributed by atoms with Crippen molar-refractivity contribution in [1.82, 2.24) is 4.90 Å². The molecule has 0 heterocycles. The minimum atomic E-state index is 0.123. The van der Waals surface area contributed by atoms with Crippen LogP contribution < -0.4 is 0 Å². The first-order valence-corrected chi connectivity index (χ1v) is 11.5. The van der Waals surface area contributed by atoms with E-state index in [0.29, 0.717) is 16.6 Å². The lowest BCUT2D eigenvalue weighted by Crippen LogP contribution is -2.55. The monoisotopic (exact) mass is 369 g/mol. The van der Waals surface area contributed by atoms with Crippen molar-refractivity contribution in [2.45, 2.75) is 85.1 Å². The van der Waals surface area contributed by atoms with Crippen molar-refractivity contribution in [2.24, 2.45) is 39.4 Å². The highest BCUT2D eigenvalue weighted by Gasteiger charge is 2.81. The maximum atomic E-state index is 13.0. The van der Waals surface area contributed by atoms with Gasteiger partial charge in [0.25, 0.3) is 0 Å². The van der Waals surface area contributed by atoms with Crippen LogP contribution in [0, 0.1) is 39.4 Å². The lowest BCUT2D eigenvalue weighted by Gasteiger charge is -2.61. The summed E-state index contributed by atoms with van der Waals surface area (Å²) < 4.78 is 0. The van der Waals surface area contributed by atoms with Crippen LogP contribution in [0.3, 0.4) is 0 Å². The van der Waals surface area contributed by atoms with Crippen molar-refractivity contribution in [3.8, 4) is 0 Å². The average Bonchev–Trinajstić information content (AvgIpc) is 3.20. The Labute approximate surface area is 166 Å². The van der Waals surface area contributed by atoms with E-state index in [9.17, 15) is 4.79 Å². The normalized spacial score (nSPS) is 57.9. The molecule has 0 amide bonds. The SMILES string of the molecule is C/C=C1/C(=O)C[C@@]2(C)[C@@H]3CC[C@H]4[C@H](C)[C@@H](N(C)C)CC[C@@]45C[C@@]35CC[C@]12C. The molecule has 5 fully saturated rings. The van der Waals surface area contributed by atoms with Crippen LogP contribution >= 0.6 is 0 Å². The molecule has 0 aliphatic heterocycles. The minimum Gasteiger partial charge on any atom is -0.306 e. The molecule has 0 radical (unpaired) electrons. The number of carbonyl (C=O) groups excluding carboxylic acids is 1. The Balaban J connectivity index is 1.53. The van der Waals surface area contributed by atoms with Gasteiger partial charge in [-0.1, -0.05) is 26.8 Å². The second-order valence-electron chi connectivity index (χ2n) is 11.7. The van der Waals surface area contributed by atoms with Gasteiger partial charge >= 0.3 is 0 Å². The van der Waals surface area contributed by atoms with E-state index in [1.54, 1.807) is 0 Å². The van der Waals surface area contributed by atoms with Crippen LogP contribution in [0.5, 0.6) is 0 Å². The third kappa shape index (κ3) is 1.86. The van der Waals surface area contributed by atoms with E-state index in [2.05, 4.69) is 52.8 Å². The molecule has 2 nitrogen and oxygen atoms in total. The first kappa shape index (κ1) is 18.4. The first-order valence-electron chi connectivity index (χ1n) is 11.5. The molecular formula is C25H39NO. The second-order valence-corrected chi connectivity index (χ2v) is 11.7. The largest absolute Gasteiger partial charge is 0.306 e. The van der Waals surface area contributed by atoms with Gasteiger partial charge in [0, 0.05) is 17.9 Å². The van der Waals surface area contributed by atoms with Crippen molar-refractivity contribution in [3.05, 3.63) is 11.6 Å². The lowest BCUT2D eigenvalue weighted by molar-refractivity contribution is -0.123. The van der Waals surface area contributed by atoms with Crippen LogP contribution in [-0.4, -0.2) is 30.8 Å². The number of hydrogen-bond donors (Lipinski definition) is 0. The lowest BCUT2D eigenvalue weighted by atomic mass is 9.44. The first-order chi connectivity index (χ1) is 12.7. The van der Waals surface area contributed by atoms with E-state index >= 15 is 0 Å². The number of rotatable bonds is 1. The van der Waals surface area contributed by atoms with Gasteiger partial charge < -0.3 is 4.90 Å². The molecule has 0 unspecified atom stereocenters. The molecule has 2 heteroatoms. The van der Waals surface area contributed by atoms with Crippen molar-refractivity contribution in [2.75, 3.05) is 14.1 Å². The molecule has 0 saturated heterocycles. The smallest absolute Gasteiger partial charge is 0.159 e. The van der Waals surface area contributed by atoms with Crippen LogP contribution in [0.25, 0.3) is 0 Å². The van der Waals surface area contributed by atoms with Gasteiger partial charge in [-0.15, -0.1) is 0 Å². The summed E-state index contributed by atoms with van der Waals surface area (Å²) >= 11 is 0. The van der Waals surface area contributed by atoms with Crippen molar-refractivity contribution < 1.29 is 4.79 Å². The molecule has 0 aromatic carbocycles. The van der Waals surface area contributed by atoms with E-state index in [1.807, 2.05) is 0 Å². The van der Waals surface area contributed by atoms with Gasteiger partial charge in [0.1, 0.15) is 0 Å². The van der Waals surface area contributed by atoms with E-state index in [1.165, 1.54) is 50.5 Å². The Morgan fingerprint density at radius 2 is 1.78 bits per heavy atom. The summed E-state index contributed by atoms with van der Waals surface area (Å²) in [5.41, 5.74) is 2.67. The maximum absolute atomic E-state index is 13.0. The van der Waals surface area contributed by atoms with Gasteiger partial charge in [-0.3, -0.25) is 4.79 Å². The fraction of sp³-hybridized carbons (Fsp3) is 0.880. The molecule has 5 rings (SSSR count). The molecule has 27 heavy (non-hydrogen) atoms. The molecule has 5 aliphatic carbocycles.